The molecule has 0 aromatic heterocycles. The number of cyclic esters (lactones) is 1. The smallest absolute Gasteiger partial charge is 0.329 e. The Morgan fingerprint density at radius 2 is 1.58 bits per heavy atom. The molecule has 0 radical (unpaired) electrons. The Balaban J connectivity index is 1.78. The molecule has 3 N–H and O–H groups in total. The minimum Gasteiger partial charge on any atom is -0.456 e. The van der Waals surface area contributed by atoms with Gasteiger partial charge < -0.3 is 43.9 Å². The van der Waals surface area contributed by atoms with Crippen molar-refractivity contribution >= 4 is 23.4 Å². The molecule has 3 fully saturated rings. The average molecular weight is 804 g/mol. The van der Waals surface area contributed by atoms with Gasteiger partial charge in [-0.25, -0.2) is 4.79 Å². The average Bonchev–Trinajstić information content (AvgIpc) is 3.18. The quantitative estimate of drug-likeness (QED) is 0.185. The van der Waals surface area contributed by atoms with Crippen LogP contribution in [0.3, 0.4) is 0 Å². The van der Waals surface area contributed by atoms with E-state index in [1.165, 1.54) is 19.1 Å². The summed E-state index contributed by atoms with van der Waals surface area (Å²) in [6.45, 7) is 13.2. The predicted octanol–water partition coefficient (Wildman–Crippen LogP) is 4.64. The molecule has 322 valence electrons. The fourth-order valence-electron chi connectivity index (χ4n) is 9.44. The number of allylic oxidation sites excluding steroid dienone is 4. The van der Waals surface area contributed by atoms with Crippen LogP contribution in [-0.2, 0) is 42.9 Å². The largest absolute Gasteiger partial charge is 0.456 e. The van der Waals surface area contributed by atoms with Crippen LogP contribution in [0.4, 0.5) is 0 Å². The maximum atomic E-state index is 14.3. The number of rotatable bonds is 7. The lowest BCUT2D eigenvalue weighted by atomic mass is 9.81. The Bertz CT molecular complexity index is 1480. The van der Waals surface area contributed by atoms with Crippen molar-refractivity contribution in [1.29, 1.82) is 0 Å². The summed E-state index contributed by atoms with van der Waals surface area (Å²) in [5, 5.41) is 34.1. The standard InChI is InChI=1S/C44H69NO12/c1-10-13-31-19-25(2)18-26(3)20-37(54-8)40-38(55-9)22-28(5)44(52,57-40)41(49)42(50)45-17-12-11-14-32(45)43(51)56-39(29(6)34(47)24-35(31)48)27(4)21-30-15-16-33(46)36(23-30)53-7/h10,19,21,25-26,28-30,32-34,36-40,46-47,52H,1,11-18,20,22-24H2,2-9H3/t25?,26-,28+,29+,30-,32?,33+,34-,36+,37-,38-,39+,40?,44+/m0/s1. The van der Waals surface area contributed by atoms with E-state index in [0.717, 1.165) is 0 Å². The van der Waals surface area contributed by atoms with Gasteiger partial charge >= 0.3 is 5.97 Å². The summed E-state index contributed by atoms with van der Waals surface area (Å²) >= 11 is 0. The Labute approximate surface area is 339 Å². The van der Waals surface area contributed by atoms with Crippen LogP contribution in [0, 0.1) is 29.6 Å². The van der Waals surface area contributed by atoms with Crippen LogP contribution in [0.15, 0.2) is 36.0 Å². The number of aliphatic hydroxyl groups excluding tert-OH is 2. The van der Waals surface area contributed by atoms with Gasteiger partial charge in [0, 0.05) is 46.1 Å². The molecule has 1 aliphatic carbocycles. The van der Waals surface area contributed by atoms with Crippen molar-refractivity contribution < 1.29 is 58.2 Å². The van der Waals surface area contributed by atoms with E-state index in [-0.39, 0.29) is 55.4 Å². The summed E-state index contributed by atoms with van der Waals surface area (Å²) in [5.74, 6) is -7.32. The summed E-state index contributed by atoms with van der Waals surface area (Å²) in [6, 6.07) is -1.14. The molecule has 3 heterocycles. The van der Waals surface area contributed by atoms with E-state index < -0.39 is 77.9 Å². The highest BCUT2D eigenvalue weighted by molar-refractivity contribution is 6.39. The normalized spacial score (nSPS) is 40.1. The number of carbonyl (C=O) groups is 4. The Morgan fingerprint density at radius 1 is 0.912 bits per heavy atom. The third-order valence-electron chi connectivity index (χ3n) is 12.8. The SMILES string of the molecule is C=CCC1=CC(C)C[C@H](C)C[C@H](OC)C2O[C@@](O)(C(=O)C(=O)N3CCCCC3C(=O)O[C@H](C(C)=C[C@@H]3CC[C@@H](O)[C@H](OC)C3)[C@H](C)[C@@H](O)CC1=O)[C@H](C)C[C@@H]2OC. The van der Waals surface area contributed by atoms with E-state index in [9.17, 15) is 34.5 Å². The van der Waals surface area contributed by atoms with Gasteiger partial charge in [-0.15, -0.1) is 6.58 Å². The minimum absolute atomic E-state index is 0.0120. The number of ketones is 2. The third-order valence-corrected chi connectivity index (χ3v) is 12.8. The van der Waals surface area contributed by atoms with Gasteiger partial charge in [0.25, 0.3) is 11.7 Å². The van der Waals surface area contributed by atoms with Crippen molar-refractivity contribution in [2.75, 3.05) is 27.9 Å². The number of nitrogens with zero attached hydrogens (tertiary/aromatic N) is 1. The summed E-state index contributed by atoms with van der Waals surface area (Å²) < 4.78 is 29.8. The number of hydrogen-bond donors (Lipinski definition) is 3. The number of carbonyl (C=O) groups excluding carboxylic acids is 4. The van der Waals surface area contributed by atoms with Crippen LogP contribution in [-0.4, -0.2) is 126 Å². The second-order valence-electron chi connectivity index (χ2n) is 17.3. The lowest BCUT2D eigenvalue weighted by Gasteiger charge is -2.47. The number of Topliss-reactive ketones (excluding diaryl/α,β-unsaturated/α-hetero) is 2. The molecule has 57 heavy (non-hydrogen) atoms. The topological polar surface area (TPSA) is 178 Å². The van der Waals surface area contributed by atoms with E-state index in [2.05, 4.69) is 13.5 Å². The number of aliphatic hydroxyl groups is 3. The molecular weight excluding hydrogens is 734 g/mol. The summed E-state index contributed by atoms with van der Waals surface area (Å²) in [6.07, 6.45) is 4.89. The van der Waals surface area contributed by atoms with E-state index in [4.69, 9.17) is 23.7 Å². The first-order valence-corrected chi connectivity index (χ1v) is 20.9. The zero-order valence-electron chi connectivity index (χ0n) is 35.4. The van der Waals surface area contributed by atoms with Gasteiger partial charge in [0.1, 0.15) is 18.2 Å². The zero-order valence-corrected chi connectivity index (χ0v) is 35.4. The van der Waals surface area contributed by atoms with Gasteiger partial charge in [-0.3, -0.25) is 14.4 Å². The number of amides is 1. The maximum Gasteiger partial charge on any atom is 0.329 e. The number of piperidine rings is 1. The van der Waals surface area contributed by atoms with Gasteiger partial charge in [0.2, 0.25) is 5.79 Å². The van der Waals surface area contributed by atoms with Crippen molar-refractivity contribution in [2.45, 2.75) is 160 Å². The number of fused-ring (bicyclic) bond motifs is 3. The van der Waals surface area contributed by atoms with Gasteiger partial charge in [-0.2, -0.15) is 0 Å². The van der Waals surface area contributed by atoms with Crippen LogP contribution < -0.4 is 0 Å². The van der Waals surface area contributed by atoms with Gasteiger partial charge in [-0.1, -0.05) is 45.9 Å². The molecule has 4 rings (SSSR count). The van der Waals surface area contributed by atoms with Crippen LogP contribution >= 0.6 is 0 Å². The minimum atomic E-state index is -2.51. The van der Waals surface area contributed by atoms with E-state index in [1.54, 1.807) is 27.0 Å². The van der Waals surface area contributed by atoms with Gasteiger partial charge in [0.05, 0.1) is 30.5 Å². The fraction of sp³-hybridized carbons (Fsp3) is 0.773. The molecule has 1 amide bonds. The summed E-state index contributed by atoms with van der Waals surface area (Å²) in [4.78, 5) is 57.8. The zero-order chi connectivity index (χ0) is 42.2. The molecule has 2 saturated heterocycles. The molecular formula is C44H69NO12. The first-order valence-electron chi connectivity index (χ1n) is 20.9. The molecule has 0 spiro atoms. The number of methoxy groups -OCH3 is 3. The van der Waals surface area contributed by atoms with Crippen molar-refractivity contribution in [3.63, 3.8) is 0 Å². The maximum absolute atomic E-state index is 14.3. The molecule has 2 bridgehead atoms. The van der Waals surface area contributed by atoms with Crippen molar-refractivity contribution in [3.8, 4) is 0 Å². The molecule has 13 nitrogen and oxygen atoms in total. The van der Waals surface area contributed by atoms with Crippen molar-refractivity contribution in [3.05, 3.63) is 36.0 Å². The highest BCUT2D eigenvalue weighted by Gasteiger charge is 2.56. The van der Waals surface area contributed by atoms with E-state index in [0.29, 0.717) is 62.5 Å². The first-order chi connectivity index (χ1) is 27.0. The summed E-state index contributed by atoms with van der Waals surface area (Å²) in [5.41, 5.74) is 1.18. The molecule has 0 aromatic carbocycles. The fourth-order valence-corrected chi connectivity index (χ4v) is 9.44. The van der Waals surface area contributed by atoms with Crippen LogP contribution in [0.25, 0.3) is 0 Å². The van der Waals surface area contributed by atoms with E-state index >= 15 is 0 Å². The molecule has 3 aliphatic heterocycles. The molecule has 0 aromatic rings. The molecule has 4 aliphatic rings. The lowest BCUT2D eigenvalue weighted by Crippen LogP contribution is -2.64. The second-order valence-corrected chi connectivity index (χ2v) is 17.3. The summed E-state index contributed by atoms with van der Waals surface area (Å²) in [7, 11) is 4.61. The number of hydrogen-bond acceptors (Lipinski definition) is 12. The van der Waals surface area contributed by atoms with E-state index in [1.807, 2.05) is 26.0 Å². The predicted molar refractivity (Wildman–Crippen MR) is 213 cm³/mol. The molecule has 13 heteroatoms. The monoisotopic (exact) mass is 803 g/mol. The van der Waals surface area contributed by atoms with Crippen LogP contribution in [0.5, 0.6) is 0 Å². The highest BCUT2D eigenvalue weighted by atomic mass is 16.7. The Kier molecular flexibility index (Phi) is 17.2. The van der Waals surface area contributed by atoms with Crippen molar-refractivity contribution in [2.24, 2.45) is 29.6 Å². The highest BCUT2D eigenvalue weighted by Crippen LogP contribution is 2.39. The number of esters is 1. The molecule has 3 unspecified atom stereocenters. The Morgan fingerprint density at radius 3 is 2.23 bits per heavy atom. The second kappa shape index (κ2) is 21.0. The molecule has 1 saturated carbocycles. The van der Waals surface area contributed by atoms with Crippen LogP contribution in [0.1, 0.15) is 105 Å². The Hall–Kier alpha value is -2.78. The lowest BCUT2D eigenvalue weighted by molar-refractivity contribution is -0.302. The van der Waals surface area contributed by atoms with Gasteiger partial charge in [0.15, 0.2) is 5.78 Å². The van der Waals surface area contributed by atoms with Crippen LogP contribution in [0.2, 0.25) is 0 Å². The number of ether oxygens (including phenoxy) is 5. The molecule has 14 atom stereocenters. The van der Waals surface area contributed by atoms with Crippen molar-refractivity contribution in [1.82, 2.24) is 4.90 Å². The third kappa shape index (κ3) is 11.3. The first kappa shape index (κ1) is 46.9. The van der Waals surface area contributed by atoms with Gasteiger partial charge in [-0.05, 0) is 100 Å².